The molecule has 8 heteroatoms. The Morgan fingerprint density at radius 2 is 1.73 bits per heavy atom. The normalized spacial score (nSPS) is 14.5. The summed E-state index contributed by atoms with van der Waals surface area (Å²) in [6, 6.07) is 17.1. The molecule has 1 aliphatic heterocycles. The van der Waals surface area contributed by atoms with Gasteiger partial charge in [0, 0.05) is 45.0 Å². The zero-order valence-corrected chi connectivity index (χ0v) is 17.4. The zero-order valence-electron chi connectivity index (χ0n) is 16.5. The number of hydrogen-bond acceptors (Lipinski definition) is 6. The third kappa shape index (κ3) is 5.08. The van der Waals surface area contributed by atoms with Gasteiger partial charge in [-0.05, 0) is 36.4 Å². The lowest BCUT2D eigenvalue weighted by atomic mass is 10.2. The van der Waals surface area contributed by atoms with E-state index in [1.54, 1.807) is 24.3 Å². The molecule has 3 heterocycles. The molecule has 1 aliphatic rings. The highest BCUT2D eigenvalue weighted by Gasteiger charge is 2.17. The van der Waals surface area contributed by atoms with Crippen molar-refractivity contribution < 1.29 is 14.0 Å². The fraction of sp³-hybridized carbons (Fsp3) is 0.273. The van der Waals surface area contributed by atoms with E-state index in [1.807, 2.05) is 6.07 Å². The SMILES string of the molecule is O=C(Nc1ccc(C(=O)NCCN2CCN(c3ccccc3)CC2)s1)c1ccco1. The Hall–Kier alpha value is -3.10. The number of furan rings is 1. The average Bonchev–Trinajstić information content (AvgIpc) is 3.47. The van der Waals surface area contributed by atoms with Crippen LogP contribution in [-0.4, -0.2) is 56.0 Å². The van der Waals surface area contributed by atoms with Crippen molar-refractivity contribution in [1.82, 2.24) is 10.2 Å². The molecule has 0 saturated carbocycles. The first-order valence-corrected chi connectivity index (χ1v) is 10.8. The van der Waals surface area contributed by atoms with E-state index in [-0.39, 0.29) is 17.6 Å². The van der Waals surface area contributed by atoms with E-state index in [0.717, 1.165) is 32.7 Å². The Morgan fingerprint density at radius 3 is 2.47 bits per heavy atom. The first-order valence-electron chi connectivity index (χ1n) is 9.94. The number of benzene rings is 1. The van der Waals surface area contributed by atoms with Crippen LogP contribution in [0.2, 0.25) is 0 Å². The predicted molar refractivity (Wildman–Crippen MR) is 118 cm³/mol. The van der Waals surface area contributed by atoms with Crippen LogP contribution in [0, 0.1) is 0 Å². The minimum atomic E-state index is -0.330. The molecule has 0 unspecified atom stereocenters. The van der Waals surface area contributed by atoms with Gasteiger partial charge in [-0.3, -0.25) is 14.5 Å². The van der Waals surface area contributed by atoms with Crippen molar-refractivity contribution in [3.63, 3.8) is 0 Å². The second kappa shape index (κ2) is 9.60. The standard InChI is InChI=1S/C22H24N4O3S/c27-21(18-7-4-16-29-18)24-20-9-8-19(30-20)22(28)23-10-11-25-12-14-26(15-13-25)17-5-2-1-3-6-17/h1-9,16H,10-15H2,(H,23,28)(H,24,27). The van der Waals surface area contributed by atoms with Gasteiger partial charge >= 0.3 is 0 Å². The highest BCUT2D eigenvalue weighted by molar-refractivity contribution is 7.18. The van der Waals surface area contributed by atoms with Crippen LogP contribution in [0.15, 0.2) is 65.3 Å². The van der Waals surface area contributed by atoms with E-state index >= 15 is 0 Å². The number of nitrogens with one attached hydrogen (secondary N) is 2. The molecule has 2 amide bonds. The molecule has 0 aliphatic carbocycles. The van der Waals surface area contributed by atoms with Crippen LogP contribution >= 0.6 is 11.3 Å². The number of rotatable bonds is 7. The van der Waals surface area contributed by atoms with Gasteiger partial charge in [-0.15, -0.1) is 11.3 Å². The number of carbonyl (C=O) groups is 2. The van der Waals surface area contributed by atoms with Gasteiger partial charge in [-0.1, -0.05) is 18.2 Å². The highest BCUT2D eigenvalue weighted by atomic mass is 32.1. The summed E-state index contributed by atoms with van der Waals surface area (Å²) in [5, 5.41) is 6.32. The fourth-order valence-electron chi connectivity index (χ4n) is 3.39. The molecular formula is C22H24N4O3S. The van der Waals surface area contributed by atoms with Crippen molar-refractivity contribution in [2.75, 3.05) is 49.5 Å². The minimum absolute atomic E-state index is 0.124. The first-order chi connectivity index (χ1) is 14.7. The summed E-state index contributed by atoms with van der Waals surface area (Å²) < 4.78 is 5.07. The summed E-state index contributed by atoms with van der Waals surface area (Å²) in [6.45, 7) is 5.35. The maximum atomic E-state index is 12.4. The lowest BCUT2D eigenvalue weighted by Gasteiger charge is -2.36. The number of hydrogen-bond donors (Lipinski definition) is 2. The molecule has 4 rings (SSSR count). The molecule has 7 nitrogen and oxygen atoms in total. The third-order valence-electron chi connectivity index (χ3n) is 5.02. The Balaban J connectivity index is 1.18. The molecule has 0 radical (unpaired) electrons. The van der Waals surface area contributed by atoms with Crippen LogP contribution in [0.1, 0.15) is 20.2 Å². The molecule has 1 fully saturated rings. The van der Waals surface area contributed by atoms with Crippen molar-refractivity contribution in [3.05, 3.63) is 71.5 Å². The lowest BCUT2D eigenvalue weighted by molar-refractivity contribution is 0.0950. The number of piperazine rings is 1. The Bertz CT molecular complexity index is 963. The second-order valence-corrected chi connectivity index (χ2v) is 8.10. The van der Waals surface area contributed by atoms with E-state index in [4.69, 9.17) is 4.42 Å². The maximum Gasteiger partial charge on any atom is 0.291 e. The molecule has 1 saturated heterocycles. The van der Waals surface area contributed by atoms with Crippen LogP contribution < -0.4 is 15.5 Å². The summed E-state index contributed by atoms with van der Waals surface area (Å²) in [5.74, 6) is -0.216. The van der Waals surface area contributed by atoms with Gasteiger partial charge in [-0.2, -0.15) is 0 Å². The van der Waals surface area contributed by atoms with E-state index < -0.39 is 0 Å². The van der Waals surface area contributed by atoms with Crippen LogP contribution in [0.25, 0.3) is 0 Å². The van der Waals surface area contributed by atoms with Crippen molar-refractivity contribution in [2.24, 2.45) is 0 Å². The third-order valence-corrected chi connectivity index (χ3v) is 6.02. The number of thiophene rings is 1. The molecule has 156 valence electrons. The average molecular weight is 425 g/mol. The summed E-state index contributed by atoms with van der Waals surface area (Å²) in [6.07, 6.45) is 1.45. The quantitative estimate of drug-likeness (QED) is 0.609. The second-order valence-electron chi connectivity index (χ2n) is 7.02. The minimum Gasteiger partial charge on any atom is -0.459 e. The smallest absolute Gasteiger partial charge is 0.291 e. The summed E-state index contributed by atoms with van der Waals surface area (Å²) >= 11 is 1.24. The topological polar surface area (TPSA) is 77.8 Å². The molecule has 0 bridgehead atoms. The van der Waals surface area contributed by atoms with Crippen molar-refractivity contribution in [3.8, 4) is 0 Å². The fourth-order valence-corrected chi connectivity index (χ4v) is 4.21. The molecule has 1 aromatic carbocycles. The van der Waals surface area contributed by atoms with Gasteiger partial charge in [0.25, 0.3) is 11.8 Å². The number of nitrogens with zero attached hydrogens (tertiary/aromatic N) is 2. The molecule has 0 spiro atoms. The van der Waals surface area contributed by atoms with Crippen LogP contribution in [0.3, 0.4) is 0 Å². The lowest BCUT2D eigenvalue weighted by Crippen LogP contribution is -2.48. The highest BCUT2D eigenvalue weighted by Crippen LogP contribution is 2.22. The van der Waals surface area contributed by atoms with Gasteiger partial charge in [0.2, 0.25) is 0 Å². The van der Waals surface area contributed by atoms with Gasteiger partial charge in [0.15, 0.2) is 5.76 Å². The summed E-state index contributed by atoms with van der Waals surface area (Å²) in [7, 11) is 0. The van der Waals surface area contributed by atoms with Gasteiger partial charge < -0.3 is 20.0 Å². The van der Waals surface area contributed by atoms with Gasteiger partial charge in [0.1, 0.15) is 0 Å². The van der Waals surface area contributed by atoms with E-state index in [2.05, 4.69) is 44.7 Å². The summed E-state index contributed by atoms with van der Waals surface area (Å²) in [4.78, 5) is 29.7. The predicted octanol–water partition coefficient (Wildman–Crippen LogP) is 3.15. The van der Waals surface area contributed by atoms with Gasteiger partial charge in [0.05, 0.1) is 16.1 Å². The number of para-hydroxylation sites is 1. The number of amides is 2. The number of anilines is 2. The molecule has 2 N–H and O–H groups in total. The van der Waals surface area contributed by atoms with Crippen molar-refractivity contribution in [2.45, 2.75) is 0 Å². The van der Waals surface area contributed by atoms with Crippen LogP contribution in [0.5, 0.6) is 0 Å². The Morgan fingerprint density at radius 1 is 0.933 bits per heavy atom. The largest absolute Gasteiger partial charge is 0.459 e. The van der Waals surface area contributed by atoms with Crippen LogP contribution in [0.4, 0.5) is 10.7 Å². The Labute approximate surface area is 179 Å². The number of carbonyl (C=O) groups excluding carboxylic acids is 2. The van der Waals surface area contributed by atoms with E-state index in [9.17, 15) is 9.59 Å². The van der Waals surface area contributed by atoms with Crippen LogP contribution in [-0.2, 0) is 0 Å². The molecular weight excluding hydrogens is 400 g/mol. The van der Waals surface area contributed by atoms with E-state index in [0.29, 0.717) is 16.4 Å². The maximum absolute atomic E-state index is 12.4. The molecule has 0 atom stereocenters. The zero-order chi connectivity index (χ0) is 20.8. The summed E-state index contributed by atoms with van der Waals surface area (Å²) in [5.41, 5.74) is 1.26. The van der Waals surface area contributed by atoms with Crippen molar-refractivity contribution >= 4 is 33.8 Å². The molecule has 30 heavy (non-hydrogen) atoms. The molecule has 2 aromatic heterocycles. The van der Waals surface area contributed by atoms with Crippen molar-refractivity contribution in [1.29, 1.82) is 0 Å². The molecule has 3 aromatic rings. The van der Waals surface area contributed by atoms with E-state index in [1.165, 1.54) is 23.3 Å². The van der Waals surface area contributed by atoms with Gasteiger partial charge in [-0.25, -0.2) is 0 Å². The monoisotopic (exact) mass is 424 g/mol. The first kappa shape index (κ1) is 20.2. The Kier molecular flexibility index (Phi) is 6.46.